The number of hydrogen-bond donors (Lipinski definition) is 4. The van der Waals surface area contributed by atoms with Crippen LogP contribution in [0.4, 0.5) is 11.4 Å². The van der Waals surface area contributed by atoms with Crippen molar-refractivity contribution in [2.45, 2.75) is 153 Å². The summed E-state index contributed by atoms with van der Waals surface area (Å²) in [7, 11) is 2.15. The van der Waals surface area contributed by atoms with Gasteiger partial charge in [-0.15, -0.1) is 5.10 Å². The van der Waals surface area contributed by atoms with Crippen LogP contribution in [0.5, 0.6) is 0 Å². The number of aliphatic hydroxyl groups is 3. The second kappa shape index (κ2) is 19.3. The Labute approximate surface area is 363 Å². The van der Waals surface area contributed by atoms with E-state index < -0.39 is 18.3 Å². The molecular formula is C50H70N7O4+. The van der Waals surface area contributed by atoms with Crippen molar-refractivity contribution < 1.29 is 24.7 Å². The third-order valence-corrected chi connectivity index (χ3v) is 13.9. The number of para-hydroxylation sites is 2. The lowest BCUT2D eigenvalue weighted by Gasteiger charge is -2.33. The van der Waals surface area contributed by atoms with Gasteiger partial charge in [-0.1, -0.05) is 119 Å². The largest absolute Gasteiger partial charge is 0.390 e. The third-order valence-electron chi connectivity index (χ3n) is 13.9. The van der Waals surface area contributed by atoms with E-state index in [1.54, 1.807) is 10.9 Å². The molecule has 2 fully saturated rings. The number of fused-ring (bicyclic) bond motifs is 3. The maximum atomic E-state index is 12.9. The van der Waals surface area contributed by atoms with Crippen molar-refractivity contribution in [3.05, 3.63) is 108 Å². The van der Waals surface area contributed by atoms with E-state index in [1.807, 2.05) is 0 Å². The average molecular weight is 833 g/mol. The van der Waals surface area contributed by atoms with Gasteiger partial charge in [-0.2, -0.15) is 4.58 Å². The van der Waals surface area contributed by atoms with Crippen molar-refractivity contribution in [1.82, 2.24) is 25.2 Å². The molecule has 4 N–H and O–H groups in total. The van der Waals surface area contributed by atoms with E-state index in [-0.39, 0.29) is 41.3 Å². The van der Waals surface area contributed by atoms with Crippen LogP contribution >= 0.6 is 0 Å². The van der Waals surface area contributed by atoms with Gasteiger partial charge in [0, 0.05) is 66.0 Å². The zero-order valence-electron chi connectivity index (χ0n) is 37.4. The first-order chi connectivity index (χ1) is 29.4. The van der Waals surface area contributed by atoms with Crippen LogP contribution in [0.1, 0.15) is 116 Å². The molecular weight excluding hydrogens is 763 g/mol. The van der Waals surface area contributed by atoms with Crippen LogP contribution in [0, 0.1) is 5.92 Å². The van der Waals surface area contributed by atoms with E-state index >= 15 is 0 Å². The van der Waals surface area contributed by atoms with E-state index in [4.69, 9.17) is 0 Å². The number of amides is 1. The molecule has 7 atom stereocenters. The summed E-state index contributed by atoms with van der Waals surface area (Å²) in [5.74, 6) is -0.283. The van der Waals surface area contributed by atoms with Gasteiger partial charge in [-0.25, -0.2) is 0 Å². The molecule has 1 amide bonds. The standard InChI is InChI=1S/C50H69N7O4/c1-7-8-9-10-11-21-31-57-44-36(46(59)48(61)47(60)45(44)57)34-55-33-35(52-53-55)32-51-43(58)29-16-13-22-30-56-40-26-20-18-24-38(40)50(4,5)42(56)28-15-12-14-27-41-49(2,3)37-23-17-19-25-39(37)54(41)6/h12,14-15,17-20,23-28,33,36,44-48,59-61H,7-11,13,16,21-22,29-32,34H2,1-6H3/p+1. The molecule has 11 heteroatoms. The molecule has 328 valence electrons. The molecule has 1 aromatic heterocycles. The van der Waals surface area contributed by atoms with Crippen molar-refractivity contribution in [3.8, 4) is 0 Å². The van der Waals surface area contributed by atoms with Gasteiger partial charge in [0.05, 0.1) is 36.4 Å². The molecule has 3 aromatic rings. The molecule has 0 radical (unpaired) electrons. The predicted molar refractivity (Wildman–Crippen MR) is 243 cm³/mol. The molecule has 4 aliphatic rings. The lowest BCUT2D eigenvalue weighted by Crippen LogP contribution is -2.52. The predicted octanol–water partition coefficient (Wildman–Crippen LogP) is 7.08. The van der Waals surface area contributed by atoms with E-state index in [2.05, 4.69) is 151 Å². The van der Waals surface area contributed by atoms with Gasteiger partial charge in [0.15, 0.2) is 5.71 Å². The zero-order chi connectivity index (χ0) is 43.3. The minimum atomic E-state index is -1.19. The van der Waals surface area contributed by atoms with E-state index in [9.17, 15) is 20.1 Å². The first-order valence-electron chi connectivity index (χ1n) is 22.9. The Balaban J connectivity index is 0.865. The Morgan fingerprint density at radius 3 is 2.30 bits per heavy atom. The van der Waals surface area contributed by atoms with Gasteiger partial charge < -0.3 is 25.5 Å². The van der Waals surface area contributed by atoms with Crippen LogP contribution < -0.4 is 10.2 Å². The Morgan fingerprint density at radius 1 is 0.803 bits per heavy atom. The van der Waals surface area contributed by atoms with Crippen LogP contribution in [-0.2, 0) is 28.7 Å². The number of rotatable bonds is 20. The number of benzene rings is 2. The monoisotopic (exact) mass is 833 g/mol. The van der Waals surface area contributed by atoms with Crippen molar-refractivity contribution in [2.75, 3.05) is 25.0 Å². The molecule has 1 saturated heterocycles. The number of aliphatic hydroxyl groups excluding tert-OH is 3. The Bertz CT molecular complexity index is 2120. The van der Waals surface area contributed by atoms with E-state index in [0.717, 1.165) is 45.2 Å². The minimum Gasteiger partial charge on any atom is -0.390 e. The molecule has 11 nitrogen and oxygen atoms in total. The van der Waals surface area contributed by atoms with Crippen molar-refractivity contribution in [1.29, 1.82) is 0 Å². The zero-order valence-corrected chi connectivity index (χ0v) is 37.4. The summed E-state index contributed by atoms with van der Waals surface area (Å²) >= 11 is 0. The lowest BCUT2D eigenvalue weighted by molar-refractivity contribution is -0.401. The highest BCUT2D eigenvalue weighted by Gasteiger charge is 2.63. The molecule has 3 aliphatic heterocycles. The van der Waals surface area contributed by atoms with Gasteiger partial charge in [0.25, 0.3) is 0 Å². The number of aromatic nitrogens is 3. The SMILES string of the molecule is CCCCCCCCN1C2C(O)C(O)C(O)C(Cn3cc(CNC(=O)CCCCCN4C(=CC=CC=CC5=[N+](C)c6ccccc6C5(C)C)C(C)(C)c5ccccc54)nn3)C21. The maximum Gasteiger partial charge on any atom is 0.220 e. The summed E-state index contributed by atoms with van der Waals surface area (Å²) in [6.45, 7) is 13.8. The molecule has 4 heterocycles. The van der Waals surface area contributed by atoms with Crippen molar-refractivity contribution >= 4 is 23.0 Å². The number of carbonyl (C=O) groups excluding carboxylic acids is 1. The summed E-state index contributed by atoms with van der Waals surface area (Å²) in [5.41, 5.74) is 8.21. The Kier molecular flexibility index (Phi) is 14.1. The van der Waals surface area contributed by atoms with E-state index in [0.29, 0.717) is 18.7 Å². The number of hydrogen-bond acceptors (Lipinski definition) is 8. The number of allylic oxidation sites excluding steroid dienone is 6. The molecule has 0 spiro atoms. The fourth-order valence-electron chi connectivity index (χ4n) is 10.4. The average Bonchev–Trinajstić information content (AvgIpc) is 3.61. The van der Waals surface area contributed by atoms with Gasteiger partial charge in [-0.05, 0) is 57.4 Å². The maximum absolute atomic E-state index is 12.9. The van der Waals surface area contributed by atoms with Gasteiger partial charge in [-0.3, -0.25) is 14.4 Å². The fourth-order valence-corrected chi connectivity index (χ4v) is 10.4. The number of unbranched alkanes of at least 4 members (excludes halogenated alkanes) is 7. The summed E-state index contributed by atoms with van der Waals surface area (Å²) in [5, 5.41) is 43.9. The quantitative estimate of drug-likeness (QED) is 0.0412. The van der Waals surface area contributed by atoms with Crippen LogP contribution in [0.25, 0.3) is 0 Å². The fraction of sp³-hybridized carbons (Fsp3) is 0.560. The Hall–Kier alpha value is -4.42. The highest BCUT2D eigenvalue weighted by Crippen LogP contribution is 2.48. The molecule has 1 aliphatic carbocycles. The van der Waals surface area contributed by atoms with Crippen LogP contribution in [0.15, 0.2) is 90.8 Å². The number of anilines is 1. The van der Waals surface area contributed by atoms with Crippen molar-refractivity contribution in [2.24, 2.45) is 5.92 Å². The van der Waals surface area contributed by atoms with Crippen LogP contribution in [0.2, 0.25) is 0 Å². The summed E-state index contributed by atoms with van der Waals surface area (Å²) in [6, 6.07) is 17.2. The number of likely N-dealkylation sites (tertiary alicyclic amines) is 1. The molecule has 0 bridgehead atoms. The number of carbonyl (C=O) groups is 1. The van der Waals surface area contributed by atoms with Crippen LogP contribution in [-0.4, -0.2) is 102 Å². The second-order valence-corrected chi connectivity index (χ2v) is 18.8. The minimum absolute atomic E-state index is 0.00545. The van der Waals surface area contributed by atoms with Crippen LogP contribution in [0.3, 0.4) is 0 Å². The Morgan fingerprint density at radius 2 is 1.51 bits per heavy atom. The molecule has 61 heavy (non-hydrogen) atoms. The molecule has 7 rings (SSSR count). The third kappa shape index (κ3) is 9.50. The summed E-state index contributed by atoms with van der Waals surface area (Å²) in [4.78, 5) is 17.6. The number of nitrogens with one attached hydrogen (secondary N) is 1. The smallest absolute Gasteiger partial charge is 0.220 e. The van der Waals surface area contributed by atoms with Crippen molar-refractivity contribution in [3.63, 3.8) is 0 Å². The molecule has 1 saturated carbocycles. The highest BCUT2D eigenvalue weighted by molar-refractivity contribution is 6.03. The van der Waals surface area contributed by atoms with Gasteiger partial charge >= 0.3 is 0 Å². The lowest BCUT2D eigenvalue weighted by atomic mass is 9.81. The first kappa shape index (κ1) is 44.6. The highest BCUT2D eigenvalue weighted by atomic mass is 16.4. The molecule has 2 aromatic carbocycles. The van der Waals surface area contributed by atoms with Gasteiger partial charge in [0.2, 0.25) is 11.6 Å². The topological polar surface area (TPSA) is 130 Å². The summed E-state index contributed by atoms with van der Waals surface area (Å²) in [6.07, 6.45) is 19.8. The first-order valence-corrected chi connectivity index (χ1v) is 22.9. The van der Waals surface area contributed by atoms with E-state index in [1.165, 1.54) is 59.6 Å². The summed E-state index contributed by atoms with van der Waals surface area (Å²) < 4.78 is 3.99. The molecule has 7 unspecified atom stereocenters. The second-order valence-electron chi connectivity index (χ2n) is 18.8. The number of nitrogens with zero attached hydrogens (tertiary/aromatic N) is 6. The normalized spacial score (nSPS) is 26.7. The van der Waals surface area contributed by atoms with Gasteiger partial charge in [0.1, 0.15) is 18.8 Å².